The Bertz CT molecular complexity index is 334. The molecule has 1 saturated heterocycles. The van der Waals surface area contributed by atoms with Gasteiger partial charge in [0.15, 0.2) is 5.82 Å². The number of rotatable bonds is 5. The highest BCUT2D eigenvalue weighted by molar-refractivity contribution is 4.82. The van der Waals surface area contributed by atoms with E-state index in [1.54, 1.807) is 0 Å². The summed E-state index contributed by atoms with van der Waals surface area (Å²) in [5, 5.41) is 3.79. The molecule has 0 saturated carbocycles. The van der Waals surface area contributed by atoms with Crippen molar-refractivity contribution in [2.45, 2.75) is 32.7 Å². The lowest BCUT2D eigenvalue weighted by atomic mass is 9.96. The fourth-order valence-electron chi connectivity index (χ4n) is 2.15. The zero-order valence-corrected chi connectivity index (χ0v) is 10.7. The first-order valence-electron chi connectivity index (χ1n) is 6.29. The normalized spacial score (nSPS) is 17.8. The highest BCUT2D eigenvalue weighted by Crippen LogP contribution is 2.18. The Morgan fingerprint density at radius 3 is 2.76 bits per heavy atom. The first kappa shape index (κ1) is 12.5. The van der Waals surface area contributed by atoms with Gasteiger partial charge in [-0.15, -0.1) is 0 Å². The van der Waals surface area contributed by atoms with Crippen molar-refractivity contribution in [1.82, 2.24) is 15.0 Å². The van der Waals surface area contributed by atoms with Gasteiger partial charge in [0.2, 0.25) is 5.89 Å². The van der Waals surface area contributed by atoms with Crippen molar-refractivity contribution in [3.63, 3.8) is 0 Å². The SMILES string of the molecule is Cc1noc(CN(C)CCC2CCOCC2)n1. The second-order valence-corrected chi connectivity index (χ2v) is 4.82. The second-order valence-electron chi connectivity index (χ2n) is 4.82. The molecule has 1 fully saturated rings. The molecule has 0 bridgehead atoms. The Hall–Kier alpha value is -0.940. The predicted octanol–water partition coefficient (Wildman–Crippen LogP) is 1.63. The van der Waals surface area contributed by atoms with Gasteiger partial charge in [-0.05, 0) is 45.7 Å². The first-order valence-corrected chi connectivity index (χ1v) is 6.29. The minimum Gasteiger partial charge on any atom is -0.381 e. The van der Waals surface area contributed by atoms with Crippen LogP contribution in [0.2, 0.25) is 0 Å². The minimum absolute atomic E-state index is 0.706. The van der Waals surface area contributed by atoms with Crippen molar-refractivity contribution in [1.29, 1.82) is 0 Å². The van der Waals surface area contributed by atoms with Gasteiger partial charge in [-0.2, -0.15) is 4.98 Å². The molecule has 0 radical (unpaired) electrons. The number of nitrogens with zero attached hydrogens (tertiary/aromatic N) is 3. The number of aromatic nitrogens is 2. The lowest BCUT2D eigenvalue weighted by Gasteiger charge is -2.24. The molecule has 96 valence electrons. The molecule has 1 aromatic heterocycles. The van der Waals surface area contributed by atoms with Gasteiger partial charge in [0.1, 0.15) is 0 Å². The standard InChI is InChI=1S/C12H21N3O2/c1-10-13-12(17-14-10)9-15(2)6-3-11-4-7-16-8-5-11/h11H,3-9H2,1-2H3. The molecule has 5 nitrogen and oxygen atoms in total. The lowest BCUT2D eigenvalue weighted by Crippen LogP contribution is -2.24. The minimum atomic E-state index is 0.706. The summed E-state index contributed by atoms with van der Waals surface area (Å²) < 4.78 is 10.5. The Balaban J connectivity index is 1.68. The predicted molar refractivity (Wildman–Crippen MR) is 63.5 cm³/mol. The van der Waals surface area contributed by atoms with Crippen LogP contribution in [0.1, 0.15) is 31.0 Å². The third-order valence-electron chi connectivity index (χ3n) is 3.23. The number of hydrogen-bond donors (Lipinski definition) is 0. The maximum absolute atomic E-state index is 5.36. The van der Waals surface area contributed by atoms with Crippen LogP contribution < -0.4 is 0 Å². The third-order valence-corrected chi connectivity index (χ3v) is 3.23. The van der Waals surface area contributed by atoms with Gasteiger partial charge in [0.25, 0.3) is 0 Å². The van der Waals surface area contributed by atoms with Gasteiger partial charge in [-0.3, -0.25) is 4.90 Å². The van der Waals surface area contributed by atoms with Gasteiger partial charge in [0, 0.05) is 13.2 Å². The smallest absolute Gasteiger partial charge is 0.240 e. The molecule has 2 rings (SSSR count). The Morgan fingerprint density at radius 2 is 2.12 bits per heavy atom. The fraction of sp³-hybridized carbons (Fsp3) is 0.833. The highest BCUT2D eigenvalue weighted by atomic mass is 16.5. The average Bonchev–Trinajstić information content (AvgIpc) is 2.73. The van der Waals surface area contributed by atoms with Crippen LogP contribution in [0.15, 0.2) is 4.52 Å². The molecule has 1 aromatic rings. The van der Waals surface area contributed by atoms with Crippen LogP contribution in [-0.4, -0.2) is 41.8 Å². The van der Waals surface area contributed by atoms with Crippen LogP contribution in [-0.2, 0) is 11.3 Å². The molecule has 17 heavy (non-hydrogen) atoms. The van der Waals surface area contributed by atoms with E-state index in [4.69, 9.17) is 9.26 Å². The van der Waals surface area contributed by atoms with E-state index >= 15 is 0 Å². The maximum atomic E-state index is 5.36. The maximum Gasteiger partial charge on any atom is 0.240 e. The molecular formula is C12H21N3O2. The average molecular weight is 239 g/mol. The molecule has 0 spiro atoms. The molecule has 0 N–H and O–H groups in total. The van der Waals surface area contributed by atoms with Gasteiger partial charge in [-0.1, -0.05) is 5.16 Å². The monoisotopic (exact) mass is 239 g/mol. The summed E-state index contributed by atoms with van der Waals surface area (Å²) in [5.74, 6) is 2.23. The van der Waals surface area contributed by atoms with Crippen molar-refractivity contribution in [3.05, 3.63) is 11.7 Å². The Labute approximate surface area is 102 Å². The Kier molecular flexibility index (Phi) is 4.50. The highest BCUT2D eigenvalue weighted by Gasteiger charge is 2.15. The molecule has 0 amide bonds. The first-order chi connectivity index (χ1) is 8.24. The van der Waals surface area contributed by atoms with E-state index in [2.05, 4.69) is 22.1 Å². The van der Waals surface area contributed by atoms with Crippen molar-refractivity contribution >= 4 is 0 Å². The largest absolute Gasteiger partial charge is 0.381 e. The van der Waals surface area contributed by atoms with Crippen molar-refractivity contribution in [3.8, 4) is 0 Å². The summed E-state index contributed by atoms with van der Waals surface area (Å²) >= 11 is 0. The van der Waals surface area contributed by atoms with E-state index in [1.165, 1.54) is 19.3 Å². The summed E-state index contributed by atoms with van der Waals surface area (Å²) in [4.78, 5) is 6.44. The quantitative estimate of drug-likeness (QED) is 0.781. The van der Waals surface area contributed by atoms with E-state index in [1.807, 2.05) is 6.92 Å². The fourth-order valence-corrected chi connectivity index (χ4v) is 2.15. The van der Waals surface area contributed by atoms with E-state index < -0.39 is 0 Å². The summed E-state index contributed by atoms with van der Waals surface area (Å²) in [6.45, 7) is 5.51. The van der Waals surface area contributed by atoms with Gasteiger partial charge in [-0.25, -0.2) is 0 Å². The Morgan fingerprint density at radius 1 is 1.35 bits per heavy atom. The molecule has 2 heterocycles. The topological polar surface area (TPSA) is 51.4 Å². The third kappa shape index (κ3) is 4.09. The van der Waals surface area contributed by atoms with Crippen LogP contribution in [0.3, 0.4) is 0 Å². The van der Waals surface area contributed by atoms with Crippen LogP contribution in [0.25, 0.3) is 0 Å². The van der Waals surface area contributed by atoms with Gasteiger partial charge in [0.05, 0.1) is 6.54 Å². The second kappa shape index (κ2) is 6.12. The zero-order chi connectivity index (χ0) is 12.1. The molecule has 1 aliphatic rings. The number of ether oxygens (including phenoxy) is 1. The van der Waals surface area contributed by atoms with Crippen LogP contribution >= 0.6 is 0 Å². The van der Waals surface area contributed by atoms with E-state index in [9.17, 15) is 0 Å². The van der Waals surface area contributed by atoms with E-state index in [0.29, 0.717) is 11.7 Å². The van der Waals surface area contributed by atoms with Crippen LogP contribution in [0.4, 0.5) is 0 Å². The van der Waals surface area contributed by atoms with Crippen molar-refractivity contribution in [2.24, 2.45) is 5.92 Å². The van der Waals surface area contributed by atoms with Crippen LogP contribution in [0, 0.1) is 12.8 Å². The van der Waals surface area contributed by atoms with Crippen molar-refractivity contribution in [2.75, 3.05) is 26.8 Å². The summed E-state index contributed by atoms with van der Waals surface area (Å²) in [6, 6.07) is 0. The van der Waals surface area contributed by atoms with E-state index in [0.717, 1.165) is 32.2 Å². The molecule has 5 heteroatoms. The molecule has 0 aliphatic carbocycles. The van der Waals surface area contributed by atoms with Crippen LogP contribution in [0.5, 0.6) is 0 Å². The van der Waals surface area contributed by atoms with Gasteiger partial charge >= 0.3 is 0 Å². The molecule has 0 atom stereocenters. The molecule has 0 unspecified atom stereocenters. The molecular weight excluding hydrogens is 218 g/mol. The van der Waals surface area contributed by atoms with Crippen molar-refractivity contribution < 1.29 is 9.26 Å². The molecule has 1 aliphatic heterocycles. The lowest BCUT2D eigenvalue weighted by molar-refractivity contribution is 0.0604. The zero-order valence-electron chi connectivity index (χ0n) is 10.7. The number of aryl methyl sites for hydroxylation is 1. The van der Waals surface area contributed by atoms with E-state index in [-0.39, 0.29) is 0 Å². The summed E-state index contributed by atoms with van der Waals surface area (Å²) in [5.41, 5.74) is 0. The summed E-state index contributed by atoms with van der Waals surface area (Å²) in [6.07, 6.45) is 3.63. The summed E-state index contributed by atoms with van der Waals surface area (Å²) in [7, 11) is 2.10. The molecule has 0 aromatic carbocycles. The number of hydrogen-bond acceptors (Lipinski definition) is 5. The van der Waals surface area contributed by atoms with Gasteiger partial charge < -0.3 is 9.26 Å².